The van der Waals surface area contributed by atoms with E-state index in [1.807, 2.05) is 12.1 Å². The summed E-state index contributed by atoms with van der Waals surface area (Å²) < 4.78 is 7.71. The van der Waals surface area contributed by atoms with Crippen molar-refractivity contribution in [3.8, 4) is 5.75 Å². The van der Waals surface area contributed by atoms with Crippen molar-refractivity contribution in [2.24, 2.45) is 0 Å². The third-order valence-corrected chi connectivity index (χ3v) is 4.53. The van der Waals surface area contributed by atoms with Crippen molar-refractivity contribution >= 4 is 11.0 Å². The number of nitrogens with one attached hydrogen (secondary N) is 1. The highest BCUT2D eigenvalue weighted by molar-refractivity contribution is 5.78. The number of hydrogen-bond donors (Lipinski definition) is 1. The lowest BCUT2D eigenvalue weighted by molar-refractivity contribution is 0.258. The van der Waals surface area contributed by atoms with E-state index < -0.39 is 0 Å². The van der Waals surface area contributed by atoms with Crippen molar-refractivity contribution in [3.63, 3.8) is 0 Å². The summed E-state index contributed by atoms with van der Waals surface area (Å²) in [6, 6.07) is 6.56. The summed E-state index contributed by atoms with van der Waals surface area (Å²) in [6.07, 6.45) is 3.65. The lowest BCUT2D eigenvalue weighted by Crippen LogP contribution is -2.45. The molecule has 1 aliphatic rings. The highest BCUT2D eigenvalue weighted by Gasteiger charge is 2.34. The number of benzene rings is 1. The van der Waals surface area contributed by atoms with E-state index >= 15 is 0 Å². The lowest BCUT2D eigenvalue weighted by Gasteiger charge is -2.35. The minimum Gasteiger partial charge on any atom is -0.497 e. The van der Waals surface area contributed by atoms with Crippen LogP contribution in [0.2, 0.25) is 0 Å². The molecule has 3 rings (SSSR count). The molecule has 1 saturated heterocycles. The molecule has 1 atom stereocenters. The molecule has 0 spiro atoms. The van der Waals surface area contributed by atoms with Crippen LogP contribution in [0.4, 0.5) is 0 Å². The molecule has 1 aromatic heterocycles. The van der Waals surface area contributed by atoms with E-state index in [1.165, 1.54) is 18.4 Å². The largest absolute Gasteiger partial charge is 0.497 e. The summed E-state index contributed by atoms with van der Waals surface area (Å²) in [4.78, 5) is 4.96. The van der Waals surface area contributed by atoms with Gasteiger partial charge in [0.1, 0.15) is 11.6 Å². The number of fused-ring (bicyclic) bond motifs is 1. The van der Waals surface area contributed by atoms with Crippen molar-refractivity contribution in [1.82, 2.24) is 14.9 Å². The van der Waals surface area contributed by atoms with Gasteiger partial charge in [-0.25, -0.2) is 4.98 Å². The Kier molecular flexibility index (Phi) is 3.66. The van der Waals surface area contributed by atoms with Crippen LogP contribution in [0.3, 0.4) is 0 Å². The van der Waals surface area contributed by atoms with Gasteiger partial charge in [0, 0.05) is 12.1 Å². The van der Waals surface area contributed by atoms with Crippen LogP contribution in [0.15, 0.2) is 18.2 Å². The minimum absolute atomic E-state index is 0.0330. The van der Waals surface area contributed by atoms with Gasteiger partial charge >= 0.3 is 0 Å². The third-order valence-electron chi connectivity index (χ3n) is 4.53. The molecule has 0 bridgehead atoms. The van der Waals surface area contributed by atoms with E-state index in [2.05, 4.69) is 36.7 Å². The normalized spacial score (nSPS) is 22.9. The van der Waals surface area contributed by atoms with Gasteiger partial charge in [-0.2, -0.15) is 0 Å². The Hall–Kier alpha value is -1.55. The topological polar surface area (TPSA) is 39.1 Å². The number of ether oxygens (including phenoxy) is 1. The van der Waals surface area contributed by atoms with Crippen molar-refractivity contribution in [3.05, 3.63) is 24.0 Å². The van der Waals surface area contributed by atoms with Gasteiger partial charge in [-0.05, 0) is 58.7 Å². The Morgan fingerprint density at radius 1 is 1.33 bits per heavy atom. The molecule has 0 amide bonds. The molecule has 21 heavy (non-hydrogen) atoms. The molecular formula is C17H25N3O. The van der Waals surface area contributed by atoms with Crippen LogP contribution in [0, 0.1) is 0 Å². The molecule has 2 heterocycles. The summed E-state index contributed by atoms with van der Waals surface area (Å²) in [5.41, 5.74) is 2.18. The number of rotatable bonds is 3. The molecule has 114 valence electrons. The van der Waals surface area contributed by atoms with Gasteiger partial charge in [-0.1, -0.05) is 0 Å². The highest BCUT2D eigenvalue weighted by atomic mass is 16.5. The monoisotopic (exact) mass is 287 g/mol. The van der Waals surface area contributed by atoms with E-state index in [0.29, 0.717) is 6.04 Å². The number of nitrogens with zero attached hydrogens (tertiary/aromatic N) is 2. The van der Waals surface area contributed by atoms with E-state index in [1.54, 1.807) is 7.11 Å². The summed E-state index contributed by atoms with van der Waals surface area (Å²) in [5.74, 6) is 2.02. The second-order valence-corrected chi connectivity index (χ2v) is 6.47. The number of methoxy groups -OCH3 is 1. The molecule has 0 radical (unpaired) electrons. The predicted octanol–water partition coefficient (Wildman–Crippen LogP) is 3.61. The van der Waals surface area contributed by atoms with Crippen LogP contribution in [-0.2, 0) is 5.54 Å². The van der Waals surface area contributed by atoms with Crippen molar-refractivity contribution in [1.29, 1.82) is 0 Å². The van der Waals surface area contributed by atoms with Crippen LogP contribution in [0.1, 0.15) is 51.9 Å². The standard InChI is InChI=1S/C17H25N3O/c1-12(2)20-15-8-7-13(21-4)11-14(15)19-16(20)17(3)9-5-6-10-18-17/h7-8,11-12,18H,5-6,9-10H2,1-4H3. The van der Waals surface area contributed by atoms with E-state index in [-0.39, 0.29) is 5.54 Å². The average molecular weight is 287 g/mol. The molecule has 1 aliphatic heterocycles. The summed E-state index contributed by atoms with van der Waals surface area (Å²) in [5, 5.41) is 3.68. The molecule has 1 N–H and O–H groups in total. The zero-order chi connectivity index (χ0) is 15.0. The first-order valence-electron chi connectivity index (χ1n) is 7.86. The van der Waals surface area contributed by atoms with Gasteiger partial charge in [-0.3, -0.25) is 0 Å². The Morgan fingerprint density at radius 3 is 2.76 bits per heavy atom. The zero-order valence-electron chi connectivity index (χ0n) is 13.4. The smallest absolute Gasteiger partial charge is 0.130 e. The first-order chi connectivity index (χ1) is 10.0. The van der Waals surface area contributed by atoms with Gasteiger partial charge < -0.3 is 14.6 Å². The fraction of sp³-hybridized carbons (Fsp3) is 0.588. The van der Waals surface area contributed by atoms with E-state index in [4.69, 9.17) is 9.72 Å². The number of piperidine rings is 1. The van der Waals surface area contributed by atoms with Gasteiger partial charge in [0.05, 0.1) is 23.7 Å². The van der Waals surface area contributed by atoms with Crippen molar-refractivity contribution < 1.29 is 4.74 Å². The van der Waals surface area contributed by atoms with Gasteiger partial charge in [-0.15, -0.1) is 0 Å². The number of imidazole rings is 1. The fourth-order valence-electron chi connectivity index (χ4n) is 3.36. The zero-order valence-corrected chi connectivity index (χ0v) is 13.4. The predicted molar refractivity (Wildman–Crippen MR) is 85.9 cm³/mol. The Morgan fingerprint density at radius 2 is 2.14 bits per heavy atom. The van der Waals surface area contributed by atoms with Gasteiger partial charge in [0.25, 0.3) is 0 Å². The maximum absolute atomic E-state index is 5.34. The fourth-order valence-corrected chi connectivity index (χ4v) is 3.36. The van der Waals surface area contributed by atoms with E-state index in [0.717, 1.165) is 30.1 Å². The molecule has 2 aromatic rings. The molecule has 4 heteroatoms. The summed E-state index contributed by atoms with van der Waals surface area (Å²) >= 11 is 0. The van der Waals surface area contributed by atoms with E-state index in [9.17, 15) is 0 Å². The molecule has 1 unspecified atom stereocenters. The summed E-state index contributed by atoms with van der Waals surface area (Å²) in [7, 11) is 1.70. The first-order valence-corrected chi connectivity index (χ1v) is 7.86. The molecule has 1 aromatic carbocycles. The molecule has 0 aliphatic carbocycles. The van der Waals surface area contributed by atoms with Crippen LogP contribution in [-0.4, -0.2) is 23.2 Å². The quantitative estimate of drug-likeness (QED) is 0.937. The second kappa shape index (κ2) is 5.34. The van der Waals surface area contributed by atoms with Gasteiger partial charge in [0.15, 0.2) is 0 Å². The van der Waals surface area contributed by atoms with Crippen LogP contribution in [0.5, 0.6) is 5.75 Å². The Bertz CT molecular complexity index is 639. The molecule has 1 fully saturated rings. The average Bonchev–Trinajstić information content (AvgIpc) is 2.87. The SMILES string of the molecule is COc1ccc2c(c1)nc(C1(C)CCCCN1)n2C(C)C. The number of hydrogen-bond acceptors (Lipinski definition) is 3. The molecular weight excluding hydrogens is 262 g/mol. The maximum Gasteiger partial charge on any atom is 0.130 e. The molecule has 4 nitrogen and oxygen atoms in total. The number of aromatic nitrogens is 2. The van der Waals surface area contributed by atoms with Gasteiger partial charge in [0.2, 0.25) is 0 Å². The first kappa shape index (κ1) is 14.4. The van der Waals surface area contributed by atoms with Crippen molar-refractivity contribution in [2.75, 3.05) is 13.7 Å². The Balaban J connectivity index is 2.18. The van der Waals surface area contributed by atoms with Crippen LogP contribution >= 0.6 is 0 Å². The lowest BCUT2D eigenvalue weighted by atomic mass is 9.90. The highest BCUT2D eigenvalue weighted by Crippen LogP contribution is 2.34. The minimum atomic E-state index is -0.0330. The Labute approximate surface area is 126 Å². The van der Waals surface area contributed by atoms with Crippen LogP contribution < -0.4 is 10.1 Å². The van der Waals surface area contributed by atoms with Crippen LogP contribution in [0.25, 0.3) is 11.0 Å². The summed E-state index contributed by atoms with van der Waals surface area (Å²) in [6.45, 7) is 7.80. The third kappa shape index (κ3) is 2.42. The second-order valence-electron chi connectivity index (χ2n) is 6.47. The molecule has 0 saturated carbocycles. The maximum atomic E-state index is 5.34. The van der Waals surface area contributed by atoms with Crippen molar-refractivity contribution in [2.45, 2.75) is 51.6 Å².